The Morgan fingerprint density at radius 3 is 1.81 bits per heavy atom. The van der Waals surface area contributed by atoms with Gasteiger partial charge in [0.1, 0.15) is 6.42 Å². The molecule has 0 spiro atoms. The first-order chi connectivity index (χ1) is 7.36. The molecule has 0 aromatic carbocycles. The smallest absolute Gasteiger partial charge is 0.315 e. The van der Waals surface area contributed by atoms with Crippen molar-refractivity contribution in [2.75, 3.05) is 20.2 Å². The fraction of sp³-hybridized carbons (Fsp3) is 0.833. The van der Waals surface area contributed by atoms with Crippen molar-refractivity contribution in [3.05, 3.63) is 0 Å². The van der Waals surface area contributed by atoms with Gasteiger partial charge in [-0.05, 0) is 11.8 Å². The van der Waals surface area contributed by atoms with Crippen LogP contribution in [0.15, 0.2) is 0 Å². The highest BCUT2D eigenvalue weighted by Gasteiger charge is 2.19. The Kier molecular flexibility index (Phi) is 6.77. The summed E-state index contributed by atoms with van der Waals surface area (Å²) in [5.41, 5.74) is 0. The van der Waals surface area contributed by atoms with Gasteiger partial charge in [0.15, 0.2) is 0 Å². The molecule has 0 aliphatic carbocycles. The number of hydrogen-bond donors (Lipinski definition) is 0. The molecule has 0 saturated carbocycles. The number of methoxy groups -OCH3 is 1. The predicted molar refractivity (Wildman–Crippen MR) is 62.9 cm³/mol. The molecular formula is C12H23NO3. The molecule has 1 amide bonds. The maximum atomic E-state index is 11.8. The van der Waals surface area contributed by atoms with Gasteiger partial charge in [-0.1, -0.05) is 27.7 Å². The van der Waals surface area contributed by atoms with Crippen molar-refractivity contribution in [2.45, 2.75) is 34.1 Å². The molecule has 0 rings (SSSR count). The Bertz CT molecular complexity index is 226. The van der Waals surface area contributed by atoms with Crippen LogP contribution >= 0.6 is 0 Å². The number of carbonyl (C=O) groups is 2. The molecule has 0 aromatic heterocycles. The number of hydrogen-bond acceptors (Lipinski definition) is 3. The van der Waals surface area contributed by atoms with Gasteiger partial charge in [0.25, 0.3) is 0 Å². The summed E-state index contributed by atoms with van der Waals surface area (Å²) in [5.74, 6) is 0.192. The first kappa shape index (κ1) is 14.9. The van der Waals surface area contributed by atoms with Gasteiger partial charge < -0.3 is 9.64 Å². The van der Waals surface area contributed by atoms with Gasteiger partial charge in [-0.3, -0.25) is 9.59 Å². The fourth-order valence-corrected chi connectivity index (χ4v) is 1.47. The Morgan fingerprint density at radius 1 is 1.06 bits per heavy atom. The highest BCUT2D eigenvalue weighted by molar-refractivity contribution is 5.94. The summed E-state index contributed by atoms with van der Waals surface area (Å²) < 4.78 is 4.49. The van der Waals surface area contributed by atoms with E-state index in [2.05, 4.69) is 32.4 Å². The molecule has 16 heavy (non-hydrogen) atoms. The predicted octanol–water partition coefficient (Wildman–Crippen LogP) is 1.69. The van der Waals surface area contributed by atoms with Crippen LogP contribution in [0.5, 0.6) is 0 Å². The largest absolute Gasteiger partial charge is 0.469 e. The monoisotopic (exact) mass is 229 g/mol. The van der Waals surface area contributed by atoms with Gasteiger partial charge in [-0.2, -0.15) is 0 Å². The summed E-state index contributed by atoms with van der Waals surface area (Å²) in [6.45, 7) is 9.59. The van der Waals surface area contributed by atoms with E-state index in [9.17, 15) is 9.59 Å². The van der Waals surface area contributed by atoms with Crippen molar-refractivity contribution in [2.24, 2.45) is 11.8 Å². The molecule has 0 N–H and O–H groups in total. The van der Waals surface area contributed by atoms with E-state index in [1.54, 1.807) is 4.90 Å². The normalized spacial score (nSPS) is 10.7. The number of ether oxygens (including phenoxy) is 1. The number of carbonyl (C=O) groups excluding carboxylic acids is 2. The summed E-state index contributed by atoms with van der Waals surface area (Å²) >= 11 is 0. The van der Waals surface area contributed by atoms with Gasteiger partial charge in [-0.25, -0.2) is 0 Å². The molecule has 0 fully saturated rings. The van der Waals surface area contributed by atoms with Gasteiger partial charge in [-0.15, -0.1) is 0 Å². The SMILES string of the molecule is COC(=O)CC(=O)N(CC(C)C)CC(C)C. The number of amides is 1. The van der Waals surface area contributed by atoms with Crippen LogP contribution in [0.2, 0.25) is 0 Å². The molecule has 4 nitrogen and oxygen atoms in total. The second-order valence-electron chi connectivity index (χ2n) is 4.84. The van der Waals surface area contributed by atoms with Crippen LogP contribution in [0, 0.1) is 11.8 Å². The number of rotatable bonds is 6. The Labute approximate surface area is 98.0 Å². The second-order valence-corrected chi connectivity index (χ2v) is 4.84. The van der Waals surface area contributed by atoms with Crippen LogP contribution in [-0.4, -0.2) is 37.0 Å². The zero-order valence-electron chi connectivity index (χ0n) is 10.9. The second kappa shape index (κ2) is 7.25. The average Bonchev–Trinajstić information content (AvgIpc) is 2.15. The third kappa shape index (κ3) is 6.43. The molecule has 0 atom stereocenters. The van der Waals surface area contributed by atoms with Gasteiger partial charge >= 0.3 is 5.97 Å². The van der Waals surface area contributed by atoms with Crippen molar-refractivity contribution in [1.82, 2.24) is 4.90 Å². The summed E-state index contributed by atoms with van der Waals surface area (Å²) in [4.78, 5) is 24.6. The average molecular weight is 229 g/mol. The zero-order valence-corrected chi connectivity index (χ0v) is 10.9. The van der Waals surface area contributed by atoms with E-state index in [0.29, 0.717) is 24.9 Å². The lowest BCUT2D eigenvalue weighted by atomic mass is 10.1. The Morgan fingerprint density at radius 2 is 1.50 bits per heavy atom. The molecule has 0 heterocycles. The van der Waals surface area contributed by atoms with E-state index in [-0.39, 0.29) is 12.3 Å². The minimum absolute atomic E-state index is 0.144. The Balaban J connectivity index is 4.37. The number of nitrogens with zero attached hydrogens (tertiary/aromatic N) is 1. The third-order valence-corrected chi connectivity index (χ3v) is 2.05. The molecule has 0 aliphatic heterocycles. The van der Waals surface area contributed by atoms with E-state index in [4.69, 9.17) is 0 Å². The van der Waals surface area contributed by atoms with E-state index >= 15 is 0 Å². The standard InChI is InChI=1S/C12H23NO3/c1-9(2)7-13(8-10(3)4)11(14)6-12(15)16-5/h9-10H,6-8H2,1-5H3. The number of esters is 1. The first-order valence-corrected chi connectivity index (χ1v) is 5.71. The first-order valence-electron chi connectivity index (χ1n) is 5.71. The van der Waals surface area contributed by atoms with Crippen LogP contribution in [0.25, 0.3) is 0 Å². The molecule has 0 aromatic rings. The van der Waals surface area contributed by atoms with Crippen molar-refractivity contribution >= 4 is 11.9 Å². The molecule has 4 heteroatoms. The Hall–Kier alpha value is -1.06. The van der Waals surface area contributed by atoms with Crippen molar-refractivity contribution in [1.29, 1.82) is 0 Å². The summed E-state index contributed by atoms with van der Waals surface area (Å²) in [6.07, 6.45) is -0.157. The lowest BCUT2D eigenvalue weighted by Gasteiger charge is -2.26. The van der Waals surface area contributed by atoms with E-state index in [1.165, 1.54) is 7.11 Å². The summed E-state index contributed by atoms with van der Waals surface area (Å²) in [5, 5.41) is 0. The molecule has 0 radical (unpaired) electrons. The van der Waals surface area contributed by atoms with Crippen LogP contribution in [0.4, 0.5) is 0 Å². The fourth-order valence-electron chi connectivity index (χ4n) is 1.47. The van der Waals surface area contributed by atoms with Crippen LogP contribution in [-0.2, 0) is 14.3 Å². The van der Waals surface area contributed by atoms with Crippen molar-refractivity contribution in [3.8, 4) is 0 Å². The maximum absolute atomic E-state index is 11.8. The van der Waals surface area contributed by atoms with Crippen molar-refractivity contribution in [3.63, 3.8) is 0 Å². The molecule has 0 aliphatic rings. The summed E-state index contributed by atoms with van der Waals surface area (Å²) in [6, 6.07) is 0. The highest BCUT2D eigenvalue weighted by atomic mass is 16.5. The minimum Gasteiger partial charge on any atom is -0.469 e. The minimum atomic E-state index is -0.470. The van der Waals surface area contributed by atoms with E-state index < -0.39 is 5.97 Å². The molecule has 0 unspecified atom stereocenters. The van der Waals surface area contributed by atoms with E-state index in [1.807, 2.05) is 0 Å². The quantitative estimate of drug-likeness (QED) is 0.514. The topological polar surface area (TPSA) is 46.6 Å². The van der Waals surface area contributed by atoms with Crippen LogP contribution < -0.4 is 0 Å². The van der Waals surface area contributed by atoms with Crippen LogP contribution in [0.3, 0.4) is 0 Å². The molecular weight excluding hydrogens is 206 g/mol. The molecule has 0 bridgehead atoms. The lowest BCUT2D eigenvalue weighted by molar-refractivity contribution is -0.147. The zero-order chi connectivity index (χ0) is 12.7. The van der Waals surface area contributed by atoms with Crippen molar-refractivity contribution < 1.29 is 14.3 Å². The highest BCUT2D eigenvalue weighted by Crippen LogP contribution is 2.06. The lowest BCUT2D eigenvalue weighted by Crippen LogP contribution is -2.38. The van der Waals surface area contributed by atoms with Gasteiger partial charge in [0.05, 0.1) is 7.11 Å². The maximum Gasteiger partial charge on any atom is 0.315 e. The molecule has 94 valence electrons. The molecule has 0 saturated heterocycles. The summed E-state index contributed by atoms with van der Waals surface area (Å²) in [7, 11) is 1.30. The van der Waals surface area contributed by atoms with Gasteiger partial charge in [0.2, 0.25) is 5.91 Å². The third-order valence-electron chi connectivity index (χ3n) is 2.05. The van der Waals surface area contributed by atoms with Gasteiger partial charge in [0, 0.05) is 13.1 Å². The van der Waals surface area contributed by atoms with E-state index in [0.717, 1.165) is 0 Å². The van der Waals surface area contributed by atoms with Crippen LogP contribution in [0.1, 0.15) is 34.1 Å².